The maximum atomic E-state index is 5.75. The van der Waals surface area contributed by atoms with Crippen molar-refractivity contribution in [2.24, 2.45) is 7.05 Å². The number of nitrogens with two attached hydrogens (primary N) is 1. The van der Waals surface area contributed by atoms with E-state index >= 15 is 0 Å². The number of rotatable bonds is 1. The lowest BCUT2D eigenvalue weighted by Crippen LogP contribution is -2.17. The number of hydrogen-bond donors (Lipinski definition) is 1. The highest BCUT2D eigenvalue weighted by Crippen LogP contribution is 2.25. The van der Waals surface area contributed by atoms with E-state index < -0.39 is 0 Å². The van der Waals surface area contributed by atoms with Gasteiger partial charge in [-0.25, -0.2) is 0 Å². The predicted molar refractivity (Wildman–Crippen MR) is 47.4 cm³/mol. The van der Waals surface area contributed by atoms with Gasteiger partial charge >= 0.3 is 0 Å². The molecule has 2 heterocycles. The van der Waals surface area contributed by atoms with E-state index in [1.165, 1.54) is 11.3 Å². The molecule has 12 heavy (non-hydrogen) atoms. The molecular formula is C8H14N4. The van der Waals surface area contributed by atoms with Crippen LogP contribution < -0.4 is 5.73 Å². The summed E-state index contributed by atoms with van der Waals surface area (Å²) >= 11 is 0. The van der Waals surface area contributed by atoms with E-state index in [2.05, 4.69) is 16.9 Å². The zero-order valence-corrected chi connectivity index (χ0v) is 7.54. The molecule has 2 N–H and O–H groups in total. The van der Waals surface area contributed by atoms with Crippen LogP contribution in [0.15, 0.2) is 0 Å². The van der Waals surface area contributed by atoms with Crippen LogP contribution in [0.1, 0.15) is 18.2 Å². The average molecular weight is 166 g/mol. The summed E-state index contributed by atoms with van der Waals surface area (Å²) in [6, 6.07) is 0. The Morgan fingerprint density at radius 3 is 2.83 bits per heavy atom. The fraction of sp³-hybridized carbons (Fsp3) is 0.625. The third kappa shape index (κ3) is 0.914. The number of nitrogens with zero attached hydrogens (tertiary/aromatic N) is 3. The second-order valence-electron chi connectivity index (χ2n) is 3.24. The van der Waals surface area contributed by atoms with Gasteiger partial charge in [0, 0.05) is 25.7 Å². The number of aryl methyl sites for hydroxylation is 1. The summed E-state index contributed by atoms with van der Waals surface area (Å²) in [5.74, 6) is 0.698. The van der Waals surface area contributed by atoms with Gasteiger partial charge in [0.25, 0.3) is 0 Å². The van der Waals surface area contributed by atoms with E-state index in [9.17, 15) is 0 Å². The van der Waals surface area contributed by atoms with Crippen LogP contribution >= 0.6 is 0 Å². The SMILES string of the molecule is CCN1Cc2c(N)nn(C)c2C1. The first kappa shape index (κ1) is 7.61. The molecule has 0 spiro atoms. The Balaban J connectivity index is 2.36. The van der Waals surface area contributed by atoms with Gasteiger partial charge in [-0.3, -0.25) is 9.58 Å². The van der Waals surface area contributed by atoms with Gasteiger partial charge in [-0.2, -0.15) is 5.10 Å². The van der Waals surface area contributed by atoms with E-state index in [-0.39, 0.29) is 0 Å². The maximum Gasteiger partial charge on any atom is 0.150 e. The van der Waals surface area contributed by atoms with Crippen LogP contribution in [0.2, 0.25) is 0 Å². The summed E-state index contributed by atoms with van der Waals surface area (Å²) in [7, 11) is 1.95. The normalized spacial score (nSPS) is 16.8. The first-order valence-electron chi connectivity index (χ1n) is 4.25. The van der Waals surface area contributed by atoms with Crippen LogP contribution in [0.3, 0.4) is 0 Å². The Morgan fingerprint density at radius 2 is 2.25 bits per heavy atom. The molecule has 66 valence electrons. The minimum Gasteiger partial charge on any atom is -0.382 e. The zero-order valence-electron chi connectivity index (χ0n) is 7.54. The molecule has 0 radical (unpaired) electrons. The van der Waals surface area contributed by atoms with E-state index in [0.717, 1.165) is 19.6 Å². The van der Waals surface area contributed by atoms with Gasteiger partial charge in [0.05, 0.1) is 5.69 Å². The summed E-state index contributed by atoms with van der Waals surface area (Å²) in [5.41, 5.74) is 8.25. The van der Waals surface area contributed by atoms with Gasteiger partial charge in [0.15, 0.2) is 0 Å². The van der Waals surface area contributed by atoms with E-state index in [4.69, 9.17) is 5.73 Å². The molecule has 4 nitrogen and oxygen atoms in total. The van der Waals surface area contributed by atoms with Crippen molar-refractivity contribution >= 4 is 5.82 Å². The topological polar surface area (TPSA) is 47.1 Å². The average Bonchev–Trinajstić information content (AvgIpc) is 2.55. The standard InChI is InChI=1S/C8H14N4/c1-3-12-4-6-7(5-12)11(2)10-8(6)9/h3-5H2,1-2H3,(H2,9,10). The van der Waals surface area contributed by atoms with Gasteiger partial charge in [-0.15, -0.1) is 0 Å². The van der Waals surface area contributed by atoms with Crippen LogP contribution in [0.5, 0.6) is 0 Å². The largest absolute Gasteiger partial charge is 0.382 e. The minimum absolute atomic E-state index is 0.698. The van der Waals surface area contributed by atoms with Gasteiger partial charge in [0.2, 0.25) is 0 Å². The highest BCUT2D eigenvalue weighted by molar-refractivity contribution is 5.44. The smallest absolute Gasteiger partial charge is 0.150 e. The molecule has 0 aliphatic carbocycles. The number of aromatic nitrogens is 2. The molecule has 1 aromatic rings. The second kappa shape index (κ2) is 2.48. The molecule has 0 atom stereocenters. The van der Waals surface area contributed by atoms with E-state index in [1.54, 1.807) is 0 Å². The fourth-order valence-corrected chi connectivity index (χ4v) is 1.71. The molecule has 2 rings (SSSR count). The van der Waals surface area contributed by atoms with Crippen molar-refractivity contribution in [3.8, 4) is 0 Å². The monoisotopic (exact) mass is 166 g/mol. The molecule has 0 unspecified atom stereocenters. The van der Waals surface area contributed by atoms with Crippen LogP contribution in [0.4, 0.5) is 5.82 Å². The van der Waals surface area contributed by atoms with Crippen molar-refractivity contribution in [1.82, 2.24) is 14.7 Å². The van der Waals surface area contributed by atoms with E-state index in [0.29, 0.717) is 5.82 Å². The Labute approximate surface area is 72.0 Å². The van der Waals surface area contributed by atoms with Gasteiger partial charge in [-0.05, 0) is 6.54 Å². The molecular weight excluding hydrogens is 152 g/mol. The Hall–Kier alpha value is -1.03. The number of hydrogen-bond acceptors (Lipinski definition) is 3. The van der Waals surface area contributed by atoms with Crippen molar-refractivity contribution in [2.45, 2.75) is 20.0 Å². The third-order valence-corrected chi connectivity index (χ3v) is 2.51. The van der Waals surface area contributed by atoms with E-state index in [1.807, 2.05) is 11.7 Å². The third-order valence-electron chi connectivity index (χ3n) is 2.51. The number of anilines is 1. The predicted octanol–water partition coefficient (Wildman–Crippen LogP) is 0.338. The van der Waals surface area contributed by atoms with Crippen LogP contribution in [-0.2, 0) is 20.1 Å². The lowest BCUT2D eigenvalue weighted by atomic mass is 10.3. The Bertz CT molecular complexity index is 276. The Kier molecular flexibility index (Phi) is 1.58. The lowest BCUT2D eigenvalue weighted by molar-refractivity contribution is 0.294. The van der Waals surface area contributed by atoms with Crippen molar-refractivity contribution in [3.63, 3.8) is 0 Å². The van der Waals surface area contributed by atoms with Gasteiger partial charge in [-0.1, -0.05) is 6.92 Å². The molecule has 0 amide bonds. The van der Waals surface area contributed by atoms with Crippen LogP contribution in [0.25, 0.3) is 0 Å². The van der Waals surface area contributed by atoms with Gasteiger partial charge in [0.1, 0.15) is 5.82 Å². The molecule has 0 bridgehead atoms. The summed E-state index contributed by atoms with van der Waals surface area (Å²) in [6.45, 7) is 5.20. The zero-order chi connectivity index (χ0) is 8.72. The van der Waals surface area contributed by atoms with Gasteiger partial charge < -0.3 is 5.73 Å². The number of fused-ring (bicyclic) bond motifs is 1. The summed E-state index contributed by atoms with van der Waals surface area (Å²) in [6.07, 6.45) is 0. The van der Waals surface area contributed by atoms with Crippen molar-refractivity contribution in [3.05, 3.63) is 11.3 Å². The first-order valence-corrected chi connectivity index (χ1v) is 4.25. The fourth-order valence-electron chi connectivity index (χ4n) is 1.71. The highest BCUT2D eigenvalue weighted by Gasteiger charge is 2.24. The summed E-state index contributed by atoms with van der Waals surface area (Å²) in [5, 5.41) is 4.17. The molecule has 1 aliphatic rings. The molecule has 0 saturated carbocycles. The maximum absolute atomic E-state index is 5.75. The molecule has 0 saturated heterocycles. The molecule has 1 aromatic heterocycles. The molecule has 1 aliphatic heterocycles. The van der Waals surface area contributed by atoms with Crippen molar-refractivity contribution in [2.75, 3.05) is 12.3 Å². The lowest BCUT2D eigenvalue weighted by Gasteiger charge is -2.10. The minimum atomic E-state index is 0.698. The van der Waals surface area contributed by atoms with Crippen LogP contribution in [-0.4, -0.2) is 21.2 Å². The number of nitrogen functional groups attached to an aromatic ring is 1. The first-order chi connectivity index (χ1) is 5.72. The molecule has 0 fully saturated rings. The van der Waals surface area contributed by atoms with Crippen LogP contribution in [0, 0.1) is 0 Å². The second-order valence-corrected chi connectivity index (χ2v) is 3.24. The van der Waals surface area contributed by atoms with Crippen molar-refractivity contribution < 1.29 is 0 Å². The quantitative estimate of drug-likeness (QED) is 0.654. The Morgan fingerprint density at radius 1 is 1.50 bits per heavy atom. The highest BCUT2D eigenvalue weighted by atomic mass is 15.3. The van der Waals surface area contributed by atoms with Crippen molar-refractivity contribution in [1.29, 1.82) is 0 Å². The molecule has 4 heteroatoms. The summed E-state index contributed by atoms with van der Waals surface area (Å²) in [4.78, 5) is 2.35. The summed E-state index contributed by atoms with van der Waals surface area (Å²) < 4.78 is 1.89. The molecule has 0 aromatic carbocycles.